The molecule has 0 aromatic heterocycles. The van der Waals surface area contributed by atoms with Crippen LogP contribution in [0.25, 0.3) is 0 Å². The van der Waals surface area contributed by atoms with E-state index in [0.29, 0.717) is 5.41 Å². The third-order valence-electron chi connectivity index (χ3n) is 2.87. The van der Waals surface area contributed by atoms with E-state index >= 15 is 0 Å². The van der Waals surface area contributed by atoms with Gasteiger partial charge in [0.15, 0.2) is 0 Å². The van der Waals surface area contributed by atoms with Crippen LogP contribution in [0.5, 0.6) is 0 Å². The molecule has 0 aromatic carbocycles. The highest BCUT2D eigenvalue weighted by Gasteiger charge is 2.25. The van der Waals surface area contributed by atoms with Crippen molar-refractivity contribution in [1.82, 2.24) is 0 Å². The first-order valence-corrected chi connectivity index (χ1v) is 5.78. The Hall–Kier alpha value is -1.03. The molecule has 0 amide bonds. The molecule has 0 unspecified atom stereocenters. The zero-order valence-electron chi connectivity index (χ0n) is 10.4. The van der Waals surface area contributed by atoms with Gasteiger partial charge in [0, 0.05) is 5.57 Å². The van der Waals surface area contributed by atoms with Crippen LogP contribution >= 0.6 is 0 Å². The summed E-state index contributed by atoms with van der Waals surface area (Å²) in [6.07, 6.45) is 6.40. The van der Waals surface area contributed by atoms with Crippen LogP contribution < -0.4 is 0 Å². The second-order valence-electron chi connectivity index (χ2n) is 5.37. The van der Waals surface area contributed by atoms with Gasteiger partial charge in [0.2, 0.25) is 0 Å². The molecule has 0 atom stereocenters. The van der Waals surface area contributed by atoms with E-state index < -0.39 is 0 Å². The molecule has 0 aliphatic heterocycles. The quantitative estimate of drug-likeness (QED) is 0.611. The van der Waals surface area contributed by atoms with Crippen LogP contribution in [-0.2, 0) is 0 Å². The Labute approximate surface area is 93.5 Å². The average molecular weight is 203 g/mol. The van der Waals surface area contributed by atoms with Gasteiger partial charge in [-0.2, -0.15) is 5.26 Å². The molecule has 1 nitrogen and oxygen atoms in total. The molecule has 0 radical (unpaired) electrons. The maximum atomic E-state index is 9.13. The summed E-state index contributed by atoms with van der Waals surface area (Å²) >= 11 is 0. The minimum absolute atomic E-state index is 0.323. The van der Waals surface area contributed by atoms with Crippen molar-refractivity contribution < 1.29 is 0 Å². The molecule has 0 saturated carbocycles. The van der Waals surface area contributed by atoms with Crippen molar-refractivity contribution in [2.45, 2.75) is 53.4 Å². The highest BCUT2D eigenvalue weighted by Crippen LogP contribution is 2.39. The van der Waals surface area contributed by atoms with E-state index in [9.17, 15) is 0 Å². The van der Waals surface area contributed by atoms with Crippen molar-refractivity contribution in [2.75, 3.05) is 0 Å². The third-order valence-corrected chi connectivity index (χ3v) is 2.87. The molecule has 1 heteroatoms. The Kier molecular flexibility index (Phi) is 3.74. The minimum atomic E-state index is 0.323. The lowest BCUT2D eigenvalue weighted by Gasteiger charge is -2.30. The maximum Gasteiger partial charge on any atom is 0.0949 e. The molecule has 15 heavy (non-hydrogen) atoms. The van der Waals surface area contributed by atoms with Crippen LogP contribution in [0, 0.1) is 16.7 Å². The number of nitrogens with zero attached hydrogens (tertiary/aromatic N) is 1. The van der Waals surface area contributed by atoms with E-state index in [-0.39, 0.29) is 0 Å². The van der Waals surface area contributed by atoms with Crippen LogP contribution in [0.3, 0.4) is 0 Å². The molecular weight excluding hydrogens is 182 g/mol. The summed E-state index contributed by atoms with van der Waals surface area (Å²) in [5, 5.41) is 9.13. The van der Waals surface area contributed by atoms with Gasteiger partial charge in [0.25, 0.3) is 0 Å². The predicted octanol–water partition coefficient (Wildman–Crippen LogP) is 4.37. The summed E-state index contributed by atoms with van der Waals surface area (Å²) in [4.78, 5) is 0. The summed E-state index contributed by atoms with van der Waals surface area (Å²) < 4.78 is 0. The van der Waals surface area contributed by atoms with Gasteiger partial charge in [-0.1, -0.05) is 38.8 Å². The van der Waals surface area contributed by atoms with Crippen molar-refractivity contribution >= 4 is 0 Å². The maximum absolute atomic E-state index is 9.13. The zero-order valence-corrected chi connectivity index (χ0v) is 10.4. The molecule has 1 rings (SSSR count). The van der Waals surface area contributed by atoms with Crippen LogP contribution in [0.2, 0.25) is 0 Å². The Balaban J connectivity index is 3.04. The summed E-state index contributed by atoms with van der Waals surface area (Å²) in [6, 6.07) is 2.37. The SMILES string of the molecule is CCC/C(C#N)=C1\C=C(C)CC(C)(C)C1. The van der Waals surface area contributed by atoms with Gasteiger partial charge in [0.1, 0.15) is 0 Å². The first-order valence-electron chi connectivity index (χ1n) is 5.78. The smallest absolute Gasteiger partial charge is 0.0949 e. The molecule has 0 fully saturated rings. The Bertz CT molecular complexity index is 337. The summed E-state index contributed by atoms with van der Waals surface area (Å²) in [6.45, 7) is 8.86. The van der Waals surface area contributed by atoms with Gasteiger partial charge in [-0.15, -0.1) is 0 Å². The van der Waals surface area contributed by atoms with Crippen LogP contribution in [0.1, 0.15) is 53.4 Å². The average Bonchev–Trinajstić information content (AvgIpc) is 2.10. The van der Waals surface area contributed by atoms with E-state index in [0.717, 1.165) is 31.3 Å². The van der Waals surface area contributed by atoms with E-state index in [1.807, 2.05) is 0 Å². The monoisotopic (exact) mass is 203 g/mol. The number of allylic oxidation sites excluding steroid dienone is 4. The van der Waals surface area contributed by atoms with Crippen molar-refractivity contribution in [3.05, 3.63) is 22.8 Å². The van der Waals surface area contributed by atoms with Crippen LogP contribution in [-0.4, -0.2) is 0 Å². The Morgan fingerprint density at radius 3 is 2.60 bits per heavy atom. The van der Waals surface area contributed by atoms with Gasteiger partial charge in [-0.05, 0) is 37.2 Å². The fourth-order valence-corrected chi connectivity index (χ4v) is 2.46. The molecule has 1 aliphatic carbocycles. The lowest BCUT2D eigenvalue weighted by molar-refractivity contribution is 0.350. The topological polar surface area (TPSA) is 23.8 Å². The minimum Gasteiger partial charge on any atom is -0.193 e. The fourth-order valence-electron chi connectivity index (χ4n) is 2.46. The lowest BCUT2D eigenvalue weighted by Crippen LogP contribution is -2.17. The second kappa shape index (κ2) is 4.66. The van der Waals surface area contributed by atoms with E-state index in [1.165, 1.54) is 11.1 Å². The van der Waals surface area contributed by atoms with Gasteiger partial charge in [-0.3, -0.25) is 0 Å². The molecule has 0 aromatic rings. The Morgan fingerprint density at radius 1 is 1.47 bits per heavy atom. The summed E-state index contributed by atoms with van der Waals surface area (Å²) in [5.74, 6) is 0. The van der Waals surface area contributed by atoms with Gasteiger partial charge in [0.05, 0.1) is 6.07 Å². The second-order valence-corrected chi connectivity index (χ2v) is 5.37. The Morgan fingerprint density at radius 2 is 2.13 bits per heavy atom. The zero-order chi connectivity index (χ0) is 11.5. The summed E-state index contributed by atoms with van der Waals surface area (Å²) in [5.41, 5.74) is 3.99. The van der Waals surface area contributed by atoms with Gasteiger partial charge >= 0.3 is 0 Å². The van der Waals surface area contributed by atoms with Gasteiger partial charge < -0.3 is 0 Å². The molecule has 1 aliphatic rings. The molecule has 0 bridgehead atoms. The van der Waals surface area contributed by atoms with Crippen molar-refractivity contribution in [3.8, 4) is 6.07 Å². The standard InChI is InChI=1S/C14H21N/c1-5-6-12(10-15)13-7-11(2)8-14(3,4)9-13/h7H,5-6,8-9H2,1-4H3/b13-12-. The molecule has 82 valence electrons. The van der Waals surface area contributed by atoms with Crippen LogP contribution in [0.4, 0.5) is 0 Å². The molecule has 0 N–H and O–H groups in total. The van der Waals surface area contributed by atoms with Crippen LogP contribution in [0.15, 0.2) is 22.8 Å². The van der Waals surface area contributed by atoms with E-state index in [2.05, 4.69) is 39.8 Å². The normalized spacial score (nSPS) is 23.0. The van der Waals surface area contributed by atoms with Crippen molar-refractivity contribution in [2.24, 2.45) is 5.41 Å². The number of nitriles is 1. The van der Waals surface area contributed by atoms with Crippen molar-refractivity contribution in [1.29, 1.82) is 5.26 Å². The third kappa shape index (κ3) is 3.23. The first kappa shape index (κ1) is 12.0. The fraction of sp³-hybridized carbons (Fsp3) is 0.643. The number of hydrogen-bond acceptors (Lipinski definition) is 1. The number of hydrogen-bond donors (Lipinski definition) is 0. The van der Waals surface area contributed by atoms with E-state index in [4.69, 9.17) is 5.26 Å². The van der Waals surface area contributed by atoms with Gasteiger partial charge in [-0.25, -0.2) is 0 Å². The highest BCUT2D eigenvalue weighted by atomic mass is 14.3. The molecular formula is C14H21N. The number of rotatable bonds is 2. The van der Waals surface area contributed by atoms with E-state index in [1.54, 1.807) is 0 Å². The summed E-state index contributed by atoms with van der Waals surface area (Å²) in [7, 11) is 0. The lowest BCUT2D eigenvalue weighted by atomic mass is 9.74. The predicted molar refractivity (Wildman–Crippen MR) is 64.3 cm³/mol. The molecule has 0 saturated heterocycles. The van der Waals surface area contributed by atoms with Crippen molar-refractivity contribution in [3.63, 3.8) is 0 Å². The molecule has 0 heterocycles. The highest BCUT2D eigenvalue weighted by molar-refractivity contribution is 5.39. The molecule has 0 spiro atoms. The first-order chi connectivity index (χ1) is 6.98. The largest absolute Gasteiger partial charge is 0.193 e.